The third-order valence-electron chi connectivity index (χ3n) is 2.88. The second-order valence-corrected chi connectivity index (χ2v) is 6.94. The number of sulfonamides is 1. The molecule has 0 unspecified atom stereocenters. The van der Waals surface area contributed by atoms with Crippen LogP contribution in [0.25, 0.3) is 0 Å². The number of hydrogen-bond donors (Lipinski definition) is 2. The average molecular weight is 326 g/mol. The van der Waals surface area contributed by atoms with Crippen LogP contribution in [0.2, 0.25) is 0 Å². The normalized spacial score (nSPS) is 11.5. The van der Waals surface area contributed by atoms with Crippen molar-refractivity contribution in [3.63, 3.8) is 0 Å². The van der Waals surface area contributed by atoms with Crippen molar-refractivity contribution in [2.24, 2.45) is 5.14 Å². The number of hydrogen-bond acceptors (Lipinski definition) is 6. The molecule has 0 aliphatic heterocycles. The molecular weight excluding hydrogens is 308 g/mol. The summed E-state index contributed by atoms with van der Waals surface area (Å²) in [5.74, 6) is 0.877. The van der Waals surface area contributed by atoms with Crippen LogP contribution in [0, 0.1) is 0 Å². The first kappa shape index (κ1) is 15.9. The summed E-state index contributed by atoms with van der Waals surface area (Å²) in [5.41, 5.74) is 1.04. The first-order valence-corrected chi connectivity index (χ1v) is 8.99. The van der Waals surface area contributed by atoms with Gasteiger partial charge in [0.05, 0.1) is 4.90 Å². The molecule has 0 atom stereocenters. The maximum Gasteiger partial charge on any atom is 0.238 e. The van der Waals surface area contributed by atoms with Gasteiger partial charge in [-0.15, -0.1) is 0 Å². The number of rotatable bonds is 7. The minimum Gasteiger partial charge on any atom is -0.360 e. The summed E-state index contributed by atoms with van der Waals surface area (Å²) in [5, 5.41) is 9.09. The highest BCUT2D eigenvalue weighted by atomic mass is 32.2. The summed E-state index contributed by atoms with van der Waals surface area (Å²) < 4.78 is 26.6. The van der Waals surface area contributed by atoms with E-state index in [2.05, 4.69) is 21.6 Å². The van der Waals surface area contributed by atoms with Gasteiger partial charge in [-0.2, -0.15) is 4.37 Å². The molecule has 3 N–H and O–H groups in total. The molecule has 0 aliphatic carbocycles. The van der Waals surface area contributed by atoms with E-state index < -0.39 is 10.0 Å². The number of primary sulfonamides is 1. The number of nitrogens with one attached hydrogen (secondary N) is 1. The summed E-state index contributed by atoms with van der Waals surface area (Å²) in [6.45, 7) is 2.81. The van der Waals surface area contributed by atoms with Gasteiger partial charge in [0.2, 0.25) is 15.2 Å². The number of nitrogens with zero attached hydrogens (tertiary/aromatic N) is 2. The summed E-state index contributed by atoms with van der Waals surface area (Å²) in [7, 11) is -3.62. The van der Waals surface area contributed by atoms with Gasteiger partial charge in [-0.25, -0.2) is 18.5 Å². The Kier molecular flexibility index (Phi) is 5.27. The molecule has 0 saturated heterocycles. The van der Waals surface area contributed by atoms with E-state index in [0.29, 0.717) is 0 Å². The summed E-state index contributed by atoms with van der Waals surface area (Å²) in [6.07, 6.45) is 2.70. The molecule has 1 aromatic heterocycles. The maximum atomic E-state index is 11.2. The van der Waals surface area contributed by atoms with E-state index in [1.165, 1.54) is 23.7 Å². The van der Waals surface area contributed by atoms with Crippen LogP contribution in [0.15, 0.2) is 29.2 Å². The van der Waals surface area contributed by atoms with Crippen LogP contribution in [-0.2, 0) is 22.9 Å². The predicted octanol–water partition coefficient (Wildman–Crippen LogP) is 1.79. The first-order valence-electron chi connectivity index (χ1n) is 6.67. The monoisotopic (exact) mass is 326 g/mol. The molecule has 2 rings (SSSR count). The van der Waals surface area contributed by atoms with Crippen LogP contribution in [0.5, 0.6) is 0 Å². The fourth-order valence-electron chi connectivity index (χ4n) is 1.81. The molecule has 0 radical (unpaired) electrons. The molecule has 0 spiro atoms. The number of benzene rings is 1. The lowest BCUT2D eigenvalue weighted by molar-refractivity contribution is 0.598. The molecule has 0 amide bonds. The maximum absolute atomic E-state index is 11.2. The summed E-state index contributed by atoms with van der Waals surface area (Å²) in [6, 6.07) is 6.58. The Bertz CT molecular complexity index is 680. The van der Waals surface area contributed by atoms with Gasteiger partial charge in [-0.3, -0.25) is 0 Å². The summed E-state index contributed by atoms with van der Waals surface area (Å²) >= 11 is 1.36. The van der Waals surface area contributed by atoms with Gasteiger partial charge in [-0.05, 0) is 30.5 Å². The van der Waals surface area contributed by atoms with E-state index in [0.717, 1.165) is 42.3 Å². The Morgan fingerprint density at radius 1 is 1.24 bits per heavy atom. The van der Waals surface area contributed by atoms with Crippen LogP contribution in [0.4, 0.5) is 5.13 Å². The minimum absolute atomic E-state index is 0.132. The Labute approximate surface area is 128 Å². The average Bonchev–Trinajstić information content (AvgIpc) is 2.86. The molecule has 0 bridgehead atoms. The van der Waals surface area contributed by atoms with Gasteiger partial charge in [0, 0.05) is 24.5 Å². The standard InChI is InChI=1S/C13H18N4O2S2/c1-2-3-12-16-13(20-17-12)15-9-8-10-4-6-11(7-5-10)21(14,18)19/h4-7H,2-3,8-9H2,1H3,(H2,14,18,19)(H,15,16,17). The zero-order valence-corrected chi connectivity index (χ0v) is 13.4. The fraction of sp³-hybridized carbons (Fsp3) is 0.385. The SMILES string of the molecule is CCCc1nsc(NCCc2ccc(S(N)(=O)=O)cc2)n1. The lowest BCUT2D eigenvalue weighted by Crippen LogP contribution is -2.12. The molecule has 2 aromatic rings. The van der Waals surface area contributed by atoms with Gasteiger partial charge in [0.25, 0.3) is 0 Å². The van der Waals surface area contributed by atoms with Crippen molar-refractivity contribution in [2.45, 2.75) is 31.1 Å². The third-order valence-corrected chi connectivity index (χ3v) is 4.52. The van der Waals surface area contributed by atoms with Crippen LogP contribution in [0.1, 0.15) is 24.7 Å². The molecule has 0 aliphatic rings. The highest BCUT2D eigenvalue weighted by Gasteiger charge is 2.07. The predicted molar refractivity (Wildman–Crippen MR) is 83.9 cm³/mol. The van der Waals surface area contributed by atoms with Crippen LogP contribution < -0.4 is 10.5 Å². The van der Waals surface area contributed by atoms with Crippen molar-refractivity contribution in [3.05, 3.63) is 35.7 Å². The Morgan fingerprint density at radius 2 is 1.95 bits per heavy atom. The Balaban J connectivity index is 1.85. The highest BCUT2D eigenvalue weighted by Crippen LogP contribution is 2.13. The molecule has 6 nitrogen and oxygen atoms in total. The number of aryl methyl sites for hydroxylation is 1. The van der Waals surface area contributed by atoms with Crippen LogP contribution >= 0.6 is 11.5 Å². The summed E-state index contributed by atoms with van der Waals surface area (Å²) in [4.78, 5) is 4.51. The van der Waals surface area contributed by atoms with Gasteiger partial charge >= 0.3 is 0 Å². The van der Waals surface area contributed by atoms with Crippen molar-refractivity contribution in [3.8, 4) is 0 Å². The van der Waals surface area contributed by atoms with Gasteiger partial charge in [-0.1, -0.05) is 19.1 Å². The molecule has 21 heavy (non-hydrogen) atoms. The molecule has 0 saturated carbocycles. The van der Waals surface area contributed by atoms with E-state index in [9.17, 15) is 8.42 Å². The van der Waals surface area contributed by atoms with E-state index >= 15 is 0 Å². The zero-order valence-electron chi connectivity index (χ0n) is 11.7. The molecule has 1 heterocycles. The quantitative estimate of drug-likeness (QED) is 0.808. The molecule has 8 heteroatoms. The van der Waals surface area contributed by atoms with Crippen molar-refractivity contribution >= 4 is 26.7 Å². The topological polar surface area (TPSA) is 98.0 Å². The Morgan fingerprint density at radius 3 is 2.57 bits per heavy atom. The number of aromatic nitrogens is 2. The minimum atomic E-state index is -3.62. The van der Waals surface area contributed by atoms with Crippen molar-refractivity contribution in [2.75, 3.05) is 11.9 Å². The lowest BCUT2D eigenvalue weighted by atomic mass is 10.1. The largest absolute Gasteiger partial charge is 0.360 e. The van der Waals surface area contributed by atoms with Gasteiger partial charge < -0.3 is 5.32 Å². The molecule has 0 fully saturated rings. The van der Waals surface area contributed by atoms with Crippen LogP contribution in [0.3, 0.4) is 0 Å². The number of anilines is 1. The van der Waals surface area contributed by atoms with Crippen molar-refractivity contribution in [1.82, 2.24) is 9.36 Å². The Hall–Kier alpha value is -1.51. The molecular formula is C13H18N4O2S2. The molecule has 114 valence electrons. The lowest BCUT2D eigenvalue weighted by Gasteiger charge is -2.04. The highest BCUT2D eigenvalue weighted by molar-refractivity contribution is 7.89. The second-order valence-electron chi connectivity index (χ2n) is 4.63. The number of nitrogens with two attached hydrogens (primary N) is 1. The first-order chi connectivity index (χ1) is 9.99. The smallest absolute Gasteiger partial charge is 0.238 e. The molecule has 1 aromatic carbocycles. The van der Waals surface area contributed by atoms with Gasteiger partial charge in [0.1, 0.15) is 5.82 Å². The van der Waals surface area contributed by atoms with E-state index in [1.54, 1.807) is 12.1 Å². The second kappa shape index (κ2) is 6.97. The van der Waals surface area contributed by atoms with Crippen molar-refractivity contribution in [1.29, 1.82) is 0 Å². The van der Waals surface area contributed by atoms with Gasteiger partial charge in [0.15, 0.2) is 0 Å². The third kappa shape index (κ3) is 4.76. The fourth-order valence-corrected chi connectivity index (χ4v) is 2.96. The van der Waals surface area contributed by atoms with E-state index in [1.807, 2.05) is 0 Å². The zero-order chi connectivity index (χ0) is 15.3. The van der Waals surface area contributed by atoms with Crippen molar-refractivity contribution < 1.29 is 8.42 Å². The van der Waals surface area contributed by atoms with Crippen LogP contribution in [-0.4, -0.2) is 24.3 Å². The van der Waals surface area contributed by atoms with E-state index in [-0.39, 0.29) is 4.90 Å². The van der Waals surface area contributed by atoms with E-state index in [4.69, 9.17) is 5.14 Å².